The lowest BCUT2D eigenvalue weighted by atomic mass is 10.2. The van der Waals surface area contributed by atoms with Crippen LogP contribution in [0, 0.1) is 5.92 Å². The van der Waals surface area contributed by atoms with E-state index in [4.69, 9.17) is 5.73 Å². The van der Waals surface area contributed by atoms with Crippen molar-refractivity contribution in [3.63, 3.8) is 0 Å². The van der Waals surface area contributed by atoms with Crippen molar-refractivity contribution in [2.45, 2.75) is 37.2 Å². The Morgan fingerprint density at radius 3 is 2.32 bits per heavy atom. The summed E-state index contributed by atoms with van der Waals surface area (Å²) in [6.07, 6.45) is -4.54. The summed E-state index contributed by atoms with van der Waals surface area (Å²) in [5, 5.41) is 0.0533. The van der Waals surface area contributed by atoms with Crippen LogP contribution in [-0.4, -0.2) is 16.1 Å². The summed E-state index contributed by atoms with van der Waals surface area (Å²) < 4.78 is 37.8. The van der Waals surface area contributed by atoms with Gasteiger partial charge in [-0.3, -0.25) is 4.79 Å². The lowest BCUT2D eigenvalue weighted by molar-refractivity contribution is -0.141. The maximum absolute atomic E-state index is 12.6. The number of hydrogen-bond acceptors (Lipinski definition) is 3. The average Bonchev–Trinajstić information content (AvgIpc) is 2.27. The molecule has 1 unspecified atom stereocenters. The summed E-state index contributed by atoms with van der Waals surface area (Å²) in [5.74, 6) is -0.540. The topological polar surface area (TPSA) is 56.0 Å². The Bertz CT molecular complexity index is 475. The number of rotatable bonds is 4. The molecule has 1 amide bonds. The number of nitrogens with two attached hydrogens (primary N) is 1. The van der Waals surface area contributed by atoms with Crippen molar-refractivity contribution in [1.82, 2.24) is 4.98 Å². The van der Waals surface area contributed by atoms with Crippen LogP contribution < -0.4 is 5.73 Å². The van der Waals surface area contributed by atoms with Crippen LogP contribution in [0.5, 0.6) is 0 Å². The highest BCUT2D eigenvalue weighted by molar-refractivity contribution is 7.99. The minimum atomic E-state index is -4.54. The number of aromatic nitrogens is 1. The maximum Gasteiger partial charge on any atom is 0.433 e. The van der Waals surface area contributed by atoms with E-state index in [0.717, 1.165) is 23.9 Å². The number of carbonyl (C=O) groups is 1. The minimum absolute atomic E-state index is 0.0190. The Balaban J connectivity index is 3.20. The third-order valence-electron chi connectivity index (χ3n) is 2.65. The Kier molecular flexibility index (Phi) is 4.84. The predicted octanol–water partition coefficient (Wildman–Crippen LogP) is 3.34. The Morgan fingerprint density at radius 2 is 1.89 bits per heavy atom. The van der Waals surface area contributed by atoms with Crippen molar-refractivity contribution >= 4 is 17.7 Å². The van der Waals surface area contributed by atoms with E-state index in [-0.39, 0.29) is 21.8 Å². The van der Waals surface area contributed by atoms with Gasteiger partial charge in [0.25, 0.3) is 5.91 Å². The zero-order valence-electron chi connectivity index (χ0n) is 10.8. The van der Waals surface area contributed by atoms with Gasteiger partial charge in [-0.2, -0.15) is 13.2 Å². The number of carbonyl (C=O) groups excluding carboxylic acids is 1. The summed E-state index contributed by atoms with van der Waals surface area (Å²) in [6.45, 7) is 5.74. The first kappa shape index (κ1) is 15.8. The largest absolute Gasteiger partial charge is 0.433 e. The third-order valence-corrected chi connectivity index (χ3v) is 4.10. The van der Waals surface area contributed by atoms with Gasteiger partial charge in [-0.15, -0.1) is 11.8 Å². The summed E-state index contributed by atoms with van der Waals surface area (Å²) in [5.41, 5.74) is 4.15. The molecule has 0 bridgehead atoms. The van der Waals surface area contributed by atoms with Crippen molar-refractivity contribution in [2.24, 2.45) is 11.7 Å². The van der Waals surface area contributed by atoms with Gasteiger partial charge in [0, 0.05) is 5.25 Å². The molecule has 0 radical (unpaired) electrons. The van der Waals surface area contributed by atoms with Gasteiger partial charge in [-0.25, -0.2) is 4.98 Å². The van der Waals surface area contributed by atoms with Crippen LogP contribution in [0.15, 0.2) is 17.2 Å². The van der Waals surface area contributed by atoms with Gasteiger partial charge in [-0.05, 0) is 18.1 Å². The highest BCUT2D eigenvalue weighted by Gasteiger charge is 2.33. The van der Waals surface area contributed by atoms with Gasteiger partial charge in [0.15, 0.2) is 0 Å². The molecule has 1 rings (SSSR count). The molecule has 0 fully saturated rings. The maximum atomic E-state index is 12.6. The summed E-state index contributed by atoms with van der Waals surface area (Å²) >= 11 is 1.12. The molecule has 1 heterocycles. The first-order chi connectivity index (χ1) is 8.62. The molecule has 106 valence electrons. The number of halogens is 3. The number of hydrogen-bond donors (Lipinski definition) is 1. The molecule has 0 aliphatic heterocycles. The van der Waals surface area contributed by atoms with E-state index < -0.39 is 17.8 Å². The molecule has 3 nitrogen and oxygen atoms in total. The number of thioether (sulfide) groups is 1. The van der Waals surface area contributed by atoms with Crippen LogP contribution in [0.3, 0.4) is 0 Å². The Labute approximate surface area is 113 Å². The van der Waals surface area contributed by atoms with Crippen molar-refractivity contribution in [1.29, 1.82) is 0 Å². The zero-order valence-corrected chi connectivity index (χ0v) is 11.6. The van der Waals surface area contributed by atoms with Crippen molar-refractivity contribution in [3.8, 4) is 0 Å². The highest BCUT2D eigenvalue weighted by atomic mass is 32.2. The second-order valence-electron chi connectivity index (χ2n) is 4.48. The van der Waals surface area contributed by atoms with Gasteiger partial charge in [-0.1, -0.05) is 20.8 Å². The zero-order chi connectivity index (χ0) is 14.8. The molecule has 0 spiro atoms. The van der Waals surface area contributed by atoms with Gasteiger partial charge >= 0.3 is 6.18 Å². The first-order valence-corrected chi connectivity index (χ1v) is 6.55. The highest BCUT2D eigenvalue weighted by Crippen LogP contribution is 2.33. The molecule has 2 N–H and O–H groups in total. The molecule has 0 saturated carbocycles. The summed E-state index contributed by atoms with van der Waals surface area (Å²) in [4.78, 5) is 14.7. The van der Waals surface area contributed by atoms with E-state index >= 15 is 0 Å². The van der Waals surface area contributed by atoms with E-state index in [9.17, 15) is 18.0 Å². The Morgan fingerprint density at radius 1 is 1.32 bits per heavy atom. The molecular formula is C12H15F3N2OS. The number of alkyl halides is 3. The molecule has 1 aromatic heterocycles. The SMILES string of the molecule is CC(C)C(C)Sc1nc(C(F)(F)F)ccc1C(N)=O. The fourth-order valence-corrected chi connectivity index (χ4v) is 2.26. The molecule has 0 aromatic carbocycles. The van der Waals surface area contributed by atoms with Crippen LogP contribution in [0.1, 0.15) is 36.8 Å². The fraction of sp³-hybridized carbons (Fsp3) is 0.500. The summed E-state index contributed by atoms with van der Waals surface area (Å²) in [7, 11) is 0. The normalized spacial score (nSPS) is 13.6. The van der Waals surface area contributed by atoms with E-state index in [2.05, 4.69) is 4.98 Å². The van der Waals surface area contributed by atoms with Crippen LogP contribution in [-0.2, 0) is 6.18 Å². The fourth-order valence-electron chi connectivity index (χ4n) is 1.19. The third kappa shape index (κ3) is 4.12. The molecule has 7 heteroatoms. The molecule has 0 aliphatic rings. The minimum Gasteiger partial charge on any atom is -0.366 e. The predicted molar refractivity (Wildman–Crippen MR) is 67.9 cm³/mol. The van der Waals surface area contributed by atoms with Crippen molar-refractivity contribution < 1.29 is 18.0 Å². The molecule has 19 heavy (non-hydrogen) atoms. The smallest absolute Gasteiger partial charge is 0.366 e. The molecule has 0 aliphatic carbocycles. The molecule has 1 atom stereocenters. The van der Waals surface area contributed by atoms with Crippen LogP contribution in [0.25, 0.3) is 0 Å². The standard InChI is InChI=1S/C12H15F3N2OS/c1-6(2)7(3)19-11-8(10(16)18)4-5-9(17-11)12(13,14)15/h4-7H,1-3H3,(H2,16,18). The van der Waals surface area contributed by atoms with E-state index in [1.807, 2.05) is 20.8 Å². The number of amides is 1. The van der Waals surface area contributed by atoms with Crippen LogP contribution >= 0.6 is 11.8 Å². The second kappa shape index (κ2) is 5.81. The van der Waals surface area contributed by atoms with Crippen LogP contribution in [0.2, 0.25) is 0 Å². The first-order valence-electron chi connectivity index (χ1n) is 5.67. The summed E-state index contributed by atoms with van der Waals surface area (Å²) in [6, 6.07) is 1.84. The molecular weight excluding hydrogens is 277 g/mol. The van der Waals surface area contributed by atoms with Gasteiger partial charge in [0.1, 0.15) is 10.7 Å². The number of pyridine rings is 1. The van der Waals surface area contributed by atoms with E-state index in [0.29, 0.717) is 0 Å². The molecule has 1 aromatic rings. The van der Waals surface area contributed by atoms with Crippen LogP contribution in [0.4, 0.5) is 13.2 Å². The van der Waals surface area contributed by atoms with Gasteiger partial charge in [0.2, 0.25) is 0 Å². The lowest BCUT2D eigenvalue weighted by Crippen LogP contribution is -2.17. The second-order valence-corrected chi connectivity index (χ2v) is 5.84. The number of nitrogens with zero attached hydrogens (tertiary/aromatic N) is 1. The van der Waals surface area contributed by atoms with E-state index in [1.54, 1.807) is 0 Å². The molecule has 0 saturated heterocycles. The quantitative estimate of drug-likeness (QED) is 0.866. The van der Waals surface area contributed by atoms with Gasteiger partial charge in [0.05, 0.1) is 5.56 Å². The van der Waals surface area contributed by atoms with Gasteiger partial charge < -0.3 is 5.73 Å². The van der Waals surface area contributed by atoms with Crippen molar-refractivity contribution in [3.05, 3.63) is 23.4 Å². The lowest BCUT2D eigenvalue weighted by Gasteiger charge is -2.17. The van der Waals surface area contributed by atoms with Crippen molar-refractivity contribution in [2.75, 3.05) is 0 Å². The number of primary amides is 1. The van der Waals surface area contributed by atoms with E-state index in [1.165, 1.54) is 0 Å². The Hall–Kier alpha value is -1.24. The average molecular weight is 292 g/mol. The monoisotopic (exact) mass is 292 g/mol.